The molecular formula is C22H23FN3O2S+. The zero-order chi connectivity index (χ0) is 21.3. The van der Waals surface area contributed by atoms with Crippen molar-refractivity contribution in [1.82, 2.24) is 14.3 Å². The number of halogens is 1. The topological polar surface area (TPSA) is 52.0 Å². The first-order valence-electron chi connectivity index (χ1n) is 9.08. The van der Waals surface area contributed by atoms with Crippen molar-refractivity contribution in [2.75, 3.05) is 21.1 Å². The highest BCUT2D eigenvalue weighted by Crippen LogP contribution is 2.31. The highest BCUT2D eigenvalue weighted by atomic mass is 32.2. The molecule has 3 aromatic rings. The number of hydrogen-bond donors (Lipinski definition) is 0. The van der Waals surface area contributed by atoms with Gasteiger partial charge in [0.25, 0.3) is 5.56 Å². The van der Waals surface area contributed by atoms with E-state index in [4.69, 9.17) is 0 Å². The summed E-state index contributed by atoms with van der Waals surface area (Å²) >= 11 is 1.30. The first kappa shape index (κ1) is 21.0. The summed E-state index contributed by atoms with van der Waals surface area (Å²) in [5.41, 5.74) is 1.95. The normalized spacial score (nSPS) is 11.5. The van der Waals surface area contributed by atoms with E-state index in [1.165, 1.54) is 43.0 Å². The van der Waals surface area contributed by atoms with Crippen LogP contribution in [-0.4, -0.2) is 36.7 Å². The maximum atomic E-state index is 13.3. The van der Waals surface area contributed by atoms with Crippen molar-refractivity contribution in [3.05, 3.63) is 76.0 Å². The minimum atomic E-state index is -0.410. The van der Waals surface area contributed by atoms with E-state index < -0.39 is 5.82 Å². The average molecular weight is 413 g/mol. The number of Topliss-reactive ketones (excluding diaryl/α,β-unsaturated/α-hetero) is 1. The van der Waals surface area contributed by atoms with Crippen molar-refractivity contribution in [3.8, 4) is 5.69 Å². The van der Waals surface area contributed by atoms with Gasteiger partial charge in [-0.05, 0) is 48.9 Å². The zero-order valence-corrected chi connectivity index (χ0v) is 17.9. The summed E-state index contributed by atoms with van der Waals surface area (Å²) in [5.74, 6) is -0.645. The molecule has 0 atom stereocenters. The molecule has 150 valence electrons. The molecule has 0 saturated carbocycles. The molecule has 1 heterocycles. The number of hydrogen-bond acceptors (Lipinski definition) is 4. The van der Waals surface area contributed by atoms with Crippen LogP contribution >= 0.6 is 11.8 Å². The van der Waals surface area contributed by atoms with E-state index in [-0.39, 0.29) is 17.0 Å². The molecule has 0 amide bonds. The van der Waals surface area contributed by atoms with Gasteiger partial charge in [-0.2, -0.15) is 9.78 Å². The SMILES string of the molecule is CC(=O)c1nn(-c2ccc(F)cc2)c(=O)c(Sc2ccc([N+](C)(C)C)cc2)c1C. The smallest absolute Gasteiger partial charge is 0.285 e. The quantitative estimate of drug-likeness (QED) is 0.465. The fourth-order valence-electron chi connectivity index (χ4n) is 2.88. The summed E-state index contributed by atoms with van der Waals surface area (Å²) in [6.07, 6.45) is 0. The van der Waals surface area contributed by atoms with Gasteiger partial charge in [0.05, 0.1) is 31.7 Å². The summed E-state index contributed by atoms with van der Waals surface area (Å²) in [4.78, 5) is 26.6. The Hall–Kier alpha value is -2.77. The molecule has 7 heteroatoms. The number of quaternary nitrogens is 1. The third kappa shape index (κ3) is 4.46. The minimum absolute atomic E-state index is 0.222. The highest BCUT2D eigenvalue weighted by Gasteiger charge is 2.19. The van der Waals surface area contributed by atoms with Crippen molar-refractivity contribution in [1.29, 1.82) is 0 Å². The number of rotatable bonds is 5. The lowest BCUT2D eigenvalue weighted by molar-refractivity contribution is 0.101. The Morgan fingerprint density at radius 3 is 2.14 bits per heavy atom. The van der Waals surface area contributed by atoms with Crippen LogP contribution in [0.1, 0.15) is 23.0 Å². The molecule has 0 aliphatic heterocycles. The predicted molar refractivity (Wildman–Crippen MR) is 115 cm³/mol. The maximum Gasteiger partial charge on any atom is 0.285 e. The van der Waals surface area contributed by atoms with Crippen LogP contribution in [0.4, 0.5) is 10.1 Å². The second-order valence-corrected chi connectivity index (χ2v) is 8.74. The van der Waals surface area contributed by atoms with Gasteiger partial charge >= 0.3 is 0 Å². The molecule has 2 aromatic carbocycles. The second-order valence-electron chi connectivity index (χ2n) is 7.66. The van der Waals surface area contributed by atoms with Crippen molar-refractivity contribution >= 4 is 23.2 Å². The molecule has 0 aliphatic carbocycles. The van der Waals surface area contributed by atoms with Gasteiger partial charge in [-0.3, -0.25) is 14.1 Å². The summed E-state index contributed by atoms with van der Waals surface area (Å²) in [6.45, 7) is 3.14. The molecule has 0 bridgehead atoms. The van der Waals surface area contributed by atoms with Gasteiger partial charge in [0, 0.05) is 24.0 Å². The van der Waals surface area contributed by atoms with Crippen LogP contribution in [-0.2, 0) is 0 Å². The summed E-state index contributed by atoms with van der Waals surface area (Å²) in [7, 11) is 6.24. The summed E-state index contributed by atoms with van der Waals surface area (Å²) in [6, 6.07) is 13.4. The number of ketones is 1. The van der Waals surface area contributed by atoms with Gasteiger partial charge in [-0.1, -0.05) is 11.8 Å². The monoisotopic (exact) mass is 412 g/mol. The van der Waals surface area contributed by atoms with Crippen LogP contribution in [0, 0.1) is 12.7 Å². The standard InChI is InChI=1S/C22H23FN3O2S/c1-14-20(15(2)27)24-25(17-8-6-16(23)7-9-17)22(28)21(14)29-19-12-10-18(11-13-19)26(3,4)5/h6-13H,1-5H3/q+1. The first-order chi connectivity index (χ1) is 13.6. The molecule has 3 rings (SSSR count). The summed E-state index contributed by atoms with van der Waals surface area (Å²) in [5, 5.41) is 4.24. The van der Waals surface area contributed by atoms with Crippen LogP contribution < -0.4 is 10.0 Å². The second kappa shape index (κ2) is 7.93. The molecule has 0 N–H and O–H groups in total. The number of carbonyl (C=O) groups excluding carboxylic acids is 1. The number of aromatic nitrogens is 2. The maximum absolute atomic E-state index is 13.3. The Balaban J connectivity index is 2.11. The Morgan fingerprint density at radius 2 is 1.62 bits per heavy atom. The number of benzene rings is 2. The van der Waals surface area contributed by atoms with Crippen molar-refractivity contribution < 1.29 is 9.18 Å². The Morgan fingerprint density at radius 1 is 1.03 bits per heavy atom. The molecule has 0 aliphatic rings. The van der Waals surface area contributed by atoms with Gasteiger partial charge in [0.1, 0.15) is 17.2 Å². The van der Waals surface area contributed by atoms with E-state index >= 15 is 0 Å². The lowest BCUT2D eigenvalue weighted by atomic mass is 10.2. The largest absolute Gasteiger partial charge is 0.298 e. The van der Waals surface area contributed by atoms with Crippen molar-refractivity contribution in [2.45, 2.75) is 23.6 Å². The molecule has 5 nitrogen and oxygen atoms in total. The third-order valence-corrected chi connectivity index (χ3v) is 5.71. The van der Waals surface area contributed by atoms with E-state index in [0.717, 1.165) is 15.3 Å². The fraction of sp³-hybridized carbons (Fsp3) is 0.227. The Labute approximate surface area is 173 Å². The lowest BCUT2D eigenvalue weighted by Gasteiger charge is -2.23. The van der Waals surface area contributed by atoms with Crippen LogP contribution in [0.15, 0.2) is 63.1 Å². The van der Waals surface area contributed by atoms with Crippen molar-refractivity contribution in [3.63, 3.8) is 0 Å². The first-order valence-corrected chi connectivity index (χ1v) is 9.90. The van der Waals surface area contributed by atoms with E-state index in [1.807, 2.05) is 24.3 Å². The average Bonchev–Trinajstić information content (AvgIpc) is 2.65. The molecule has 0 spiro atoms. The van der Waals surface area contributed by atoms with Crippen LogP contribution in [0.3, 0.4) is 0 Å². The van der Waals surface area contributed by atoms with Gasteiger partial charge in [0.15, 0.2) is 5.78 Å². The van der Waals surface area contributed by atoms with E-state index in [9.17, 15) is 14.0 Å². The Bertz CT molecular complexity index is 1120. The van der Waals surface area contributed by atoms with Crippen LogP contribution in [0.25, 0.3) is 5.69 Å². The molecule has 29 heavy (non-hydrogen) atoms. The van der Waals surface area contributed by atoms with Gasteiger partial charge in [0.2, 0.25) is 0 Å². The summed E-state index contributed by atoms with van der Waals surface area (Å²) < 4.78 is 15.1. The molecule has 0 fully saturated rings. The number of carbonyl (C=O) groups is 1. The molecule has 0 radical (unpaired) electrons. The van der Waals surface area contributed by atoms with Gasteiger partial charge in [-0.25, -0.2) is 4.39 Å². The van der Waals surface area contributed by atoms with Crippen LogP contribution in [0.2, 0.25) is 0 Å². The minimum Gasteiger partial charge on any atom is -0.298 e. The third-order valence-electron chi connectivity index (χ3n) is 4.52. The molecular weight excluding hydrogens is 389 g/mol. The fourth-order valence-corrected chi connectivity index (χ4v) is 3.81. The molecule has 0 saturated heterocycles. The Kier molecular flexibility index (Phi) is 5.73. The lowest BCUT2D eigenvalue weighted by Crippen LogP contribution is -2.34. The van der Waals surface area contributed by atoms with Crippen LogP contribution in [0.5, 0.6) is 0 Å². The number of nitrogens with zero attached hydrogens (tertiary/aromatic N) is 3. The highest BCUT2D eigenvalue weighted by molar-refractivity contribution is 7.99. The van der Waals surface area contributed by atoms with Gasteiger partial charge in [-0.15, -0.1) is 0 Å². The zero-order valence-electron chi connectivity index (χ0n) is 17.1. The van der Waals surface area contributed by atoms with E-state index in [2.05, 4.69) is 26.2 Å². The molecule has 1 aromatic heterocycles. The van der Waals surface area contributed by atoms with Crippen molar-refractivity contribution in [2.24, 2.45) is 0 Å². The van der Waals surface area contributed by atoms with Gasteiger partial charge < -0.3 is 0 Å². The molecule has 0 unspecified atom stereocenters. The van der Waals surface area contributed by atoms with E-state index in [1.54, 1.807) is 6.92 Å². The van der Waals surface area contributed by atoms with E-state index in [0.29, 0.717) is 20.6 Å². The predicted octanol–water partition coefficient (Wildman–Crippen LogP) is 4.23.